The summed E-state index contributed by atoms with van der Waals surface area (Å²) in [6.07, 6.45) is 0.494. The van der Waals surface area contributed by atoms with E-state index in [0.717, 1.165) is 21.8 Å². The third-order valence-electron chi connectivity index (χ3n) is 4.28. The minimum Gasteiger partial charge on any atom is -0.325 e. The van der Waals surface area contributed by atoms with Gasteiger partial charge in [0.25, 0.3) is 5.91 Å². The molecule has 3 amide bonds. The minimum atomic E-state index is -0.517. The van der Waals surface area contributed by atoms with E-state index in [2.05, 4.69) is 10.3 Å². The maximum atomic E-state index is 12.6. The molecular weight excluding hydrogens is 346 g/mol. The second kappa shape index (κ2) is 7.09. The lowest BCUT2D eigenvalue weighted by Crippen LogP contribution is -2.32. The SMILES string of the molecule is O=C1NC(Cc2ccccc2)C(=O)N1Cc1csc(-c2ccccc2)n1. The Morgan fingerprint density at radius 1 is 1.00 bits per heavy atom. The van der Waals surface area contributed by atoms with E-state index in [0.29, 0.717) is 6.42 Å². The summed E-state index contributed by atoms with van der Waals surface area (Å²) in [5, 5.41) is 5.55. The summed E-state index contributed by atoms with van der Waals surface area (Å²) in [6, 6.07) is 18.7. The lowest BCUT2D eigenvalue weighted by molar-refractivity contribution is -0.127. The lowest BCUT2D eigenvalue weighted by atomic mass is 10.1. The summed E-state index contributed by atoms with van der Waals surface area (Å²) >= 11 is 1.51. The number of carbonyl (C=O) groups is 2. The van der Waals surface area contributed by atoms with Gasteiger partial charge in [-0.2, -0.15) is 0 Å². The second-order valence-corrected chi connectivity index (χ2v) is 6.98. The summed E-state index contributed by atoms with van der Waals surface area (Å²) in [5.74, 6) is -0.201. The highest BCUT2D eigenvalue weighted by atomic mass is 32.1. The summed E-state index contributed by atoms with van der Waals surface area (Å²) in [6.45, 7) is 0.194. The number of benzene rings is 2. The van der Waals surface area contributed by atoms with Crippen LogP contribution in [0.15, 0.2) is 66.0 Å². The molecule has 1 unspecified atom stereocenters. The zero-order valence-electron chi connectivity index (χ0n) is 14.0. The molecule has 6 heteroatoms. The number of hydrogen-bond donors (Lipinski definition) is 1. The van der Waals surface area contributed by atoms with Crippen LogP contribution in [0.3, 0.4) is 0 Å². The average Bonchev–Trinajstić information content (AvgIpc) is 3.24. The predicted octanol–water partition coefficient (Wildman–Crippen LogP) is 3.47. The Hall–Kier alpha value is -2.99. The van der Waals surface area contributed by atoms with Crippen molar-refractivity contribution in [3.05, 3.63) is 77.3 Å². The zero-order valence-corrected chi connectivity index (χ0v) is 14.8. The summed E-state index contributed by atoms with van der Waals surface area (Å²) in [7, 11) is 0. The number of nitrogens with zero attached hydrogens (tertiary/aromatic N) is 2. The van der Waals surface area contributed by atoms with Crippen LogP contribution in [0.4, 0.5) is 4.79 Å². The van der Waals surface area contributed by atoms with Crippen LogP contribution in [0, 0.1) is 0 Å². The van der Waals surface area contributed by atoms with E-state index in [1.54, 1.807) is 0 Å². The van der Waals surface area contributed by atoms with E-state index < -0.39 is 6.04 Å². The van der Waals surface area contributed by atoms with Crippen LogP contribution in [0.2, 0.25) is 0 Å². The smallest absolute Gasteiger partial charge is 0.325 e. The van der Waals surface area contributed by atoms with Gasteiger partial charge >= 0.3 is 6.03 Å². The Bertz CT molecular complexity index is 924. The molecule has 0 spiro atoms. The first kappa shape index (κ1) is 16.5. The number of carbonyl (C=O) groups excluding carboxylic acids is 2. The molecule has 1 aromatic heterocycles. The molecule has 0 aliphatic carbocycles. The summed E-state index contributed by atoms with van der Waals surface area (Å²) in [4.78, 5) is 30.7. The van der Waals surface area contributed by atoms with Gasteiger partial charge < -0.3 is 5.32 Å². The van der Waals surface area contributed by atoms with Gasteiger partial charge in [-0.3, -0.25) is 9.69 Å². The topological polar surface area (TPSA) is 62.3 Å². The van der Waals surface area contributed by atoms with Crippen molar-refractivity contribution in [2.24, 2.45) is 0 Å². The van der Waals surface area contributed by atoms with Gasteiger partial charge in [-0.1, -0.05) is 60.7 Å². The first-order chi connectivity index (χ1) is 12.7. The molecule has 26 heavy (non-hydrogen) atoms. The number of amides is 3. The van der Waals surface area contributed by atoms with Crippen LogP contribution >= 0.6 is 11.3 Å². The highest BCUT2D eigenvalue weighted by Crippen LogP contribution is 2.24. The molecule has 1 aliphatic heterocycles. The molecule has 1 fully saturated rings. The predicted molar refractivity (Wildman–Crippen MR) is 101 cm³/mol. The maximum absolute atomic E-state index is 12.6. The fourth-order valence-electron chi connectivity index (χ4n) is 2.97. The Balaban J connectivity index is 1.46. The second-order valence-electron chi connectivity index (χ2n) is 6.13. The van der Waals surface area contributed by atoms with Gasteiger partial charge in [0.1, 0.15) is 11.0 Å². The van der Waals surface area contributed by atoms with Crippen molar-refractivity contribution in [1.82, 2.24) is 15.2 Å². The van der Waals surface area contributed by atoms with Gasteiger partial charge in [0.2, 0.25) is 0 Å². The third-order valence-corrected chi connectivity index (χ3v) is 5.22. The summed E-state index contributed by atoms with van der Waals surface area (Å²) < 4.78 is 0. The van der Waals surface area contributed by atoms with E-state index in [1.807, 2.05) is 66.0 Å². The number of urea groups is 1. The van der Waals surface area contributed by atoms with Crippen molar-refractivity contribution in [3.8, 4) is 10.6 Å². The zero-order chi connectivity index (χ0) is 17.9. The molecule has 0 radical (unpaired) electrons. The third kappa shape index (κ3) is 3.36. The van der Waals surface area contributed by atoms with Crippen molar-refractivity contribution >= 4 is 23.3 Å². The monoisotopic (exact) mass is 363 g/mol. The molecule has 4 rings (SSSR count). The normalized spacial score (nSPS) is 16.8. The Kier molecular flexibility index (Phi) is 4.50. The van der Waals surface area contributed by atoms with Crippen molar-refractivity contribution in [1.29, 1.82) is 0 Å². The maximum Gasteiger partial charge on any atom is 0.325 e. The molecular formula is C20H17N3O2S. The average molecular weight is 363 g/mol. The molecule has 130 valence electrons. The van der Waals surface area contributed by atoms with Crippen molar-refractivity contribution in [2.45, 2.75) is 19.0 Å². The van der Waals surface area contributed by atoms with E-state index in [9.17, 15) is 9.59 Å². The molecule has 5 nitrogen and oxygen atoms in total. The Labute approximate surface area is 155 Å². The number of aromatic nitrogens is 1. The van der Waals surface area contributed by atoms with Crippen LogP contribution in [0.5, 0.6) is 0 Å². The van der Waals surface area contributed by atoms with E-state index in [-0.39, 0.29) is 18.5 Å². The van der Waals surface area contributed by atoms with Crippen LogP contribution in [-0.2, 0) is 17.8 Å². The first-order valence-electron chi connectivity index (χ1n) is 8.36. The van der Waals surface area contributed by atoms with E-state index in [1.165, 1.54) is 16.2 Å². The van der Waals surface area contributed by atoms with Crippen LogP contribution in [0.25, 0.3) is 10.6 Å². The first-order valence-corrected chi connectivity index (χ1v) is 9.24. The highest BCUT2D eigenvalue weighted by Gasteiger charge is 2.38. The number of nitrogens with one attached hydrogen (secondary N) is 1. The molecule has 1 aliphatic rings. The molecule has 1 atom stereocenters. The molecule has 0 bridgehead atoms. The van der Waals surface area contributed by atoms with Crippen molar-refractivity contribution in [2.75, 3.05) is 0 Å². The van der Waals surface area contributed by atoms with Gasteiger partial charge in [0.05, 0.1) is 12.2 Å². The number of imide groups is 1. The lowest BCUT2D eigenvalue weighted by Gasteiger charge is -2.11. The van der Waals surface area contributed by atoms with Crippen molar-refractivity contribution < 1.29 is 9.59 Å². The minimum absolute atomic E-state index is 0.194. The van der Waals surface area contributed by atoms with Crippen LogP contribution in [-0.4, -0.2) is 27.9 Å². The number of hydrogen-bond acceptors (Lipinski definition) is 4. The fourth-order valence-corrected chi connectivity index (χ4v) is 3.79. The fraction of sp³-hybridized carbons (Fsp3) is 0.150. The largest absolute Gasteiger partial charge is 0.325 e. The Morgan fingerprint density at radius 2 is 1.69 bits per heavy atom. The van der Waals surface area contributed by atoms with Gasteiger partial charge in [-0.05, 0) is 5.56 Å². The molecule has 0 saturated carbocycles. The van der Waals surface area contributed by atoms with Crippen LogP contribution in [0.1, 0.15) is 11.3 Å². The molecule has 2 heterocycles. The summed E-state index contributed by atoms with van der Waals surface area (Å²) in [5.41, 5.74) is 2.77. The molecule has 1 N–H and O–H groups in total. The van der Waals surface area contributed by atoms with Gasteiger partial charge in [0, 0.05) is 17.4 Å². The Morgan fingerprint density at radius 3 is 2.42 bits per heavy atom. The number of rotatable bonds is 5. The highest BCUT2D eigenvalue weighted by molar-refractivity contribution is 7.13. The number of thiazole rings is 1. The van der Waals surface area contributed by atoms with E-state index >= 15 is 0 Å². The molecule has 1 saturated heterocycles. The van der Waals surface area contributed by atoms with Gasteiger partial charge in [-0.25, -0.2) is 9.78 Å². The van der Waals surface area contributed by atoms with Crippen LogP contribution < -0.4 is 5.32 Å². The van der Waals surface area contributed by atoms with E-state index in [4.69, 9.17) is 0 Å². The quantitative estimate of drug-likeness (QED) is 0.706. The van der Waals surface area contributed by atoms with Gasteiger partial charge in [-0.15, -0.1) is 11.3 Å². The van der Waals surface area contributed by atoms with Gasteiger partial charge in [0.15, 0.2) is 0 Å². The standard InChI is InChI=1S/C20H17N3O2S/c24-19-17(11-14-7-3-1-4-8-14)22-20(25)23(19)12-16-13-26-18(21-16)15-9-5-2-6-10-15/h1-10,13,17H,11-12H2,(H,22,25). The molecule has 3 aromatic rings. The molecule has 2 aromatic carbocycles. The van der Waals surface area contributed by atoms with Crippen molar-refractivity contribution in [3.63, 3.8) is 0 Å².